The van der Waals surface area contributed by atoms with Crippen molar-refractivity contribution < 1.29 is 34.1 Å². The second kappa shape index (κ2) is 13.9. The summed E-state index contributed by atoms with van der Waals surface area (Å²) in [5.74, 6) is 0. The van der Waals surface area contributed by atoms with Crippen LogP contribution in [0.4, 0.5) is 0 Å². The second-order valence-corrected chi connectivity index (χ2v) is 13.3. The topological polar surface area (TPSA) is 51.8 Å². The van der Waals surface area contributed by atoms with Crippen LogP contribution in [-0.2, 0) is 32.9 Å². The average molecular weight is 803 g/mol. The number of aryl methyl sites for hydroxylation is 1. The fourth-order valence-corrected chi connectivity index (χ4v) is 5.21. The Bertz CT molecular complexity index is 2410. The van der Waals surface area contributed by atoms with Crippen LogP contribution < -0.4 is 0 Å². The third-order valence-corrected chi connectivity index (χ3v) is 7.05. The van der Waals surface area contributed by atoms with Gasteiger partial charge in [-0.05, 0) is 59.5 Å². The van der Waals surface area contributed by atoms with Crippen molar-refractivity contribution in [3.8, 4) is 22.5 Å². The monoisotopic (exact) mass is 803 g/mol. The molecule has 241 valence electrons. The third-order valence-electron chi connectivity index (χ3n) is 7.05. The van der Waals surface area contributed by atoms with Crippen molar-refractivity contribution in [2.75, 3.05) is 0 Å². The van der Waals surface area contributed by atoms with Gasteiger partial charge in [0.2, 0.25) is 0 Å². The summed E-state index contributed by atoms with van der Waals surface area (Å²) in [5, 5.41) is 2.62. The van der Waals surface area contributed by atoms with E-state index in [0.29, 0.717) is 39.2 Å². The minimum atomic E-state index is -2.09. The zero-order chi connectivity index (χ0) is 38.6. The molecule has 0 unspecified atom stereocenters. The molecule has 0 aliphatic carbocycles. The summed E-state index contributed by atoms with van der Waals surface area (Å²) in [6.07, 6.45) is -0.176. The Kier molecular flexibility index (Phi) is 7.64. The number of benzene rings is 3. The molecule has 0 bridgehead atoms. The number of hydrogen-bond donors (Lipinski definition) is 0. The van der Waals surface area contributed by atoms with E-state index in [2.05, 4.69) is 22.1 Å². The number of pyridine rings is 3. The molecule has 4 nitrogen and oxygen atoms in total. The number of rotatable bonds is 4. The zero-order valence-corrected chi connectivity index (χ0v) is 29.7. The van der Waals surface area contributed by atoms with Crippen molar-refractivity contribution >= 4 is 32.8 Å². The van der Waals surface area contributed by atoms with Crippen molar-refractivity contribution in [1.29, 1.82) is 0 Å². The van der Waals surface area contributed by atoms with Crippen LogP contribution in [0.3, 0.4) is 0 Å². The van der Waals surface area contributed by atoms with E-state index >= 15 is 0 Å². The fourth-order valence-electron chi connectivity index (χ4n) is 5.21. The first-order valence-corrected chi connectivity index (χ1v) is 15.3. The van der Waals surface area contributed by atoms with E-state index in [1.54, 1.807) is 42.6 Å². The van der Waals surface area contributed by atoms with Crippen LogP contribution in [0, 0.1) is 29.8 Å². The van der Waals surface area contributed by atoms with Crippen molar-refractivity contribution in [3.63, 3.8) is 0 Å². The van der Waals surface area contributed by atoms with E-state index in [9.17, 15) is 0 Å². The van der Waals surface area contributed by atoms with Crippen LogP contribution in [0.2, 0.25) is 0 Å². The predicted molar refractivity (Wildman–Crippen MR) is 191 cm³/mol. The molecule has 0 aliphatic heterocycles. The van der Waals surface area contributed by atoms with Crippen molar-refractivity contribution in [1.82, 2.24) is 15.0 Å². The standard InChI is InChI=1S/C30H31N2O.C12H10N.Ir/c1-29(2,3)17-19-14-15-31-25(16-19)24-9-7-8-22-23-13-11-20-10-12-21(18-30(4,5)6)32-26(20)28(23)33-27(22)24;1-10-7-8-12(13-9-10)11-5-3-2-4-6-11;/h7-8,10-16H,17-18H2,1-6H3;2-5,7-9H,1H3;/q2*-1;/i17D2,18D2;1D3;. The SMILES string of the molecule is [2H]C([2H])([2H])c1ccc(-c2[c-]cccc2)nc1.[2H]C([2H])(c1ccnc(-c2[c-]ccc3c2oc2c3ccc3ccc(C([2H])([2H])C(C)(C)C)nc32)c1)C(C)(C)C.[Ir]. The van der Waals surface area contributed by atoms with Gasteiger partial charge < -0.3 is 14.4 Å². The van der Waals surface area contributed by atoms with Crippen molar-refractivity contribution in [3.05, 3.63) is 126 Å². The molecule has 0 saturated heterocycles. The van der Waals surface area contributed by atoms with Gasteiger partial charge in [0.15, 0.2) is 0 Å². The Morgan fingerprint density at radius 2 is 1.55 bits per heavy atom. The molecule has 7 aromatic rings. The Morgan fingerprint density at radius 3 is 2.26 bits per heavy atom. The smallest absolute Gasteiger partial charge is 0.147 e. The molecule has 3 aromatic carbocycles. The maximum atomic E-state index is 8.70. The Hall–Kier alpha value is -4.18. The molecule has 0 amide bonds. The molecular formula is C42H41IrN3O-2. The summed E-state index contributed by atoms with van der Waals surface area (Å²) in [5.41, 5.74) is 4.55. The van der Waals surface area contributed by atoms with Gasteiger partial charge in [-0.3, -0.25) is 0 Å². The van der Waals surface area contributed by atoms with Gasteiger partial charge in [0.1, 0.15) is 11.1 Å². The largest absolute Gasteiger partial charge is 0.498 e. The summed E-state index contributed by atoms with van der Waals surface area (Å²) < 4.78 is 62.9. The zero-order valence-electron chi connectivity index (χ0n) is 34.3. The summed E-state index contributed by atoms with van der Waals surface area (Å²) in [6, 6.07) is 31.9. The van der Waals surface area contributed by atoms with Gasteiger partial charge in [0, 0.05) is 58.6 Å². The molecule has 4 aromatic heterocycles. The van der Waals surface area contributed by atoms with E-state index in [-0.39, 0.29) is 25.7 Å². The van der Waals surface area contributed by atoms with Crippen LogP contribution in [0.15, 0.2) is 102 Å². The van der Waals surface area contributed by atoms with E-state index < -0.39 is 30.4 Å². The van der Waals surface area contributed by atoms with Gasteiger partial charge >= 0.3 is 0 Å². The molecule has 0 saturated carbocycles. The van der Waals surface area contributed by atoms with Crippen LogP contribution >= 0.6 is 0 Å². The average Bonchev–Trinajstić information content (AvgIpc) is 3.50. The molecule has 0 N–H and O–H groups in total. The van der Waals surface area contributed by atoms with Crippen LogP contribution in [0.5, 0.6) is 0 Å². The molecule has 1 radical (unpaired) electrons. The summed E-state index contributed by atoms with van der Waals surface area (Å²) >= 11 is 0. The van der Waals surface area contributed by atoms with E-state index in [4.69, 9.17) is 19.0 Å². The molecule has 0 spiro atoms. The molecule has 4 heterocycles. The second-order valence-electron chi connectivity index (χ2n) is 13.3. The quantitative estimate of drug-likeness (QED) is 0.166. The summed E-state index contributed by atoms with van der Waals surface area (Å²) in [6.45, 7) is 9.16. The third kappa shape index (κ3) is 8.22. The minimum Gasteiger partial charge on any atom is -0.498 e. The van der Waals surface area contributed by atoms with Crippen molar-refractivity contribution in [2.45, 2.75) is 61.1 Å². The van der Waals surface area contributed by atoms with Gasteiger partial charge in [0.25, 0.3) is 0 Å². The Labute approximate surface area is 301 Å². The van der Waals surface area contributed by atoms with Crippen molar-refractivity contribution in [2.24, 2.45) is 10.8 Å². The first-order chi connectivity index (χ1) is 24.7. The van der Waals surface area contributed by atoms with Gasteiger partial charge in [-0.2, -0.15) is 0 Å². The first kappa shape index (κ1) is 25.9. The minimum absolute atomic E-state index is 0. The number of fused-ring (bicyclic) bond motifs is 5. The molecule has 5 heteroatoms. The predicted octanol–water partition coefficient (Wildman–Crippen LogP) is 11.0. The van der Waals surface area contributed by atoms with Gasteiger partial charge in [0.05, 0.1) is 5.58 Å². The fraction of sp³-hybridized carbons (Fsp3) is 0.262. The number of nitrogens with zero attached hydrogens (tertiary/aromatic N) is 3. The molecule has 0 fully saturated rings. The summed E-state index contributed by atoms with van der Waals surface area (Å²) in [7, 11) is 0. The van der Waals surface area contributed by atoms with Gasteiger partial charge in [-0.15, -0.1) is 54.1 Å². The Morgan fingerprint density at radius 1 is 0.766 bits per heavy atom. The first-order valence-electron chi connectivity index (χ1n) is 18.8. The number of hydrogen-bond acceptors (Lipinski definition) is 4. The van der Waals surface area contributed by atoms with E-state index in [1.807, 2.05) is 90.1 Å². The molecule has 0 aliphatic rings. The number of aromatic nitrogens is 3. The molecule has 0 atom stereocenters. The molecular weight excluding hydrogens is 755 g/mol. The van der Waals surface area contributed by atoms with Gasteiger partial charge in [-0.1, -0.05) is 94.5 Å². The maximum absolute atomic E-state index is 8.70. The van der Waals surface area contributed by atoms with E-state index in [0.717, 1.165) is 27.4 Å². The van der Waals surface area contributed by atoms with Crippen LogP contribution in [0.1, 0.15) is 68.0 Å². The van der Waals surface area contributed by atoms with Crippen LogP contribution in [0.25, 0.3) is 55.4 Å². The molecule has 7 rings (SSSR count). The van der Waals surface area contributed by atoms with Crippen LogP contribution in [-0.4, -0.2) is 15.0 Å². The normalized spacial score (nSPS) is 14.8. The van der Waals surface area contributed by atoms with E-state index in [1.165, 1.54) is 6.20 Å². The Balaban J connectivity index is 0.000000276. The summed E-state index contributed by atoms with van der Waals surface area (Å²) in [4.78, 5) is 13.4. The van der Waals surface area contributed by atoms with Gasteiger partial charge in [-0.25, -0.2) is 4.98 Å². The maximum Gasteiger partial charge on any atom is 0.147 e. The number of furan rings is 1. The molecule has 47 heavy (non-hydrogen) atoms.